The Bertz CT molecular complexity index is 842. The number of methoxy groups -OCH3 is 1. The minimum absolute atomic E-state index is 0.0396. The van der Waals surface area contributed by atoms with Gasteiger partial charge >= 0.3 is 0 Å². The van der Waals surface area contributed by atoms with E-state index in [2.05, 4.69) is 15.3 Å². The number of hydrogen-bond acceptors (Lipinski definition) is 8. The molecule has 2 amide bonds. The smallest absolute Gasteiger partial charge is 0.259 e. The molecule has 0 N–H and O–H groups in total. The van der Waals surface area contributed by atoms with Gasteiger partial charge in [0.15, 0.2) is 5.82 Å². The molecule has 3 heterocycles. The van der Waals surface area contributed by atoms with Gasteiger partial charge in [0.25, 0.3) is 11.8 Å². The first kappa shape index (κ1) is 21.0. The lowest BCUT2D eigenvalue weighted by molar-refractivity contribution is -0.132. The Morgan fingerprint density at radius 1 is 1.28 bits per heavy atom. The molecular formula is C19H27N5O5. The first-order valence-corrected chi connectivity index (χ1v) is 9.70. The van der Waals surface area contributed by atoms with Gasteiger partial charge in [-0.2, -0.15) is 4.98 Å². The van der Waals surface area contributed by atoms with Gasteiger partial charge in [0.05, 0.1) is 5.69 Å². The maximum Gasteiger partial charge on any atom is 0.259 e. The number of carbonyl (C=O) groups excluding carboxylic acids is 2. The summed E-state index contributed by atoms with van der Waals surface area (Å²) in [6, 6.07) is -0.0592. The fourth-order valence-corrected chi connectivity index (χ4v) is 3.73. The van der Waals surface area contributed by atoms with Crippen molar-refractivity contribution < 1.29 is 23.4 Å². The van der Waals surface area contributed by atoms with Crippen molar-refractivity contribution in [3.8, 4) is 0 Å². The molecule has 1 fully saturated rings. The third kappa shape index (κ3) is 4.81. The summed E-state index contributed by atoms with van der Waals surface area (Å²) in [6.45, 7) is 6.88. The normalized spacial score (nSPS) is 16.8. The Morgan fingerprint density at radius 2 is 2.07 bits per heavy atom. The van der Waals surface area contributed by atoms with Gasteiger partial charge in [-0.05, 0) is 26.7 Å². The number of aromatic nitrogens is 3. The van der Waals surface area contributed by atoms with Crippen molar-refractivity contribution in [1.82, 2.24) is 25.1 Å². The number of amides is 2. The topological polar surface area (TPSA) is 115 Å². The molecule has 3 rings (SSSR count). The second kappa shape index (κ2) is 9.17. The van der Waals surface area contributed by atoms with E-state index in [1.54, 1.807) is 37.7 Å². The third-order valence-electron chi connectivity index (χ3n) is 5.13. The van der Waals surface area contributed by atoms with Crippen LogP contribution < -0.4 is 0 Å². The summed E-state index contributed by atoms with van der Waals surface area (Å²) in [5.74, 6) is 1.31. The zero-order chi connectivity index (χ0) is 21.0. The molecule has 2 aromatic heterocycles. The maximum absolute atomic E-state index is 13.0. The summed E-state index contributed by atoms with van der Waals surface area (Å²) in [5, 5.41) is 7.80. The van der Waals surface area contributed by atoms with Crippen molar-refractivity contribution in [3.05, 3.63) is 28.7 Å². The van der Waals surface area contributed by atoms with E-state index in [0.29, 0.717) is 54.8 Å². The molecule has 1 saturated heterocycles. The lowest BCUT2D eigenvalue weighted by atomic mass is 10.0. The van der Waals surface area contributed by atoms with Crippen LogP contribution in [0.3, 0.4) is 0 Å². The van der Waals surface area contributed by atoms with Crippen molar-refractivity contribution in [2.24, 2.45) is 0 Å². The fraction of sp³-hybridized carbons (Fsp3) is 0.632. The van der Waals surface area contributed by atoms with Gasteiger partial charge in [0.1, 0.15) is 17.9 Å². The SMILES string of the molecule is COCc1nc(CCN(C(C)=O)C2CCCN(C(=O)c3c(C)noc3C)C2)no1. The highest BCUT2D eigenvalue weighted by Crippen LogP contribution is 2.21. The third-order valence-corrected chi connectivity index (χ3v) is 5.13. The summed E-state index contributed by atoms with van der Waals surface area (Å²) < 4.78 is 15.2. The molecular weight excluding hydrogens is 378 g/mol. The van der Waals surface area contributed by atoms with Crippen molar-refractivity contribution in [3.63, 3.8) is 0 Å². The molecule has 0 spiro atoms. The van der Waals surface area contributed by atoms with Gasteiger partial charge in [-0.25, -0.2) is 0 Å². The summed E-state index contributed by atoms with van der Waals surface area (Å²) in [5.41, 5.74) is 1.10. The van der Waals surface area contributed by atoms with Gasteiger partial charge in [-0.3, -0.25) is 9.59 Å². The molecule has 10 heteroatoms. The quantitative estimate of drug-likeness (QED) is 0.681. The molecule has 2 aromatic rings. The number of piperidine rings is 1. The first-order chi connectivity index (χ1) is 13.9. The highest BCUT2D eigenvalue weighted by molar-refractivity contribution is 5.96. The molecule has 1 aliphatic heterocycles. The van der Waals surface area contributed by atoms with Crippen LogP contribution in [0.2, 0.25) is 0 Å². The summed E-state index contributed by atoms with van der Waals surface area (Å²) in [6.07, 6.45) is 2.14. The number of ether oxygens (including phenoxy) is 1. The van der Waals surface area contributed by atoms with Gasteiger partial charge in [-0.15, -0.1) is 0 Å². The van der Waals surface area contributed by atoms with Crippen LogP contribution in [0.15, 0.2) is 9.05 Å². The van der Waals surface area contributed by atoms with Gasteiger partial charge in [0, 0.05) is 46.1 Å². The van der Waals surface area contributed by atoms with E-state index in [9.17, 15) is 9.59 Å². The number of nitrogens with zero attached hydrogens (tertiary/aromatic N) is 5. The Kier molecular flexibility index (Phi) is 6.63. The summed E-state index contributed by atoms with van der Waals surface area (Å²) >= 11 is 0. The van der Waals surface area contributed by atoms with E-state index in [0.717, 1.165) is 12.8 Å². The number of carbonyl (C=O) groups is 2. The Balaban J connectivity index is 1.65. The predicted octanol–water partition coefficient (Wildman–Crippen LogP) is 1.52. The molecule has 0 saturated carbocycles. The lowest BCUT2D eigenvalue weighted by Gasteiger charge is -2.39. The second-order valence-electron chi connectivity index (χ2n) is 7.25. The molecule has 158 valence electrons. The Labute approximate surface area is 169 Å². The zero-order valence-corrected chi connectivity index (χ0v) is 17.3. The standard InChI is InChI=1S/C19H27N5O5/c1-12-18(13(2)28-21-12)19(26)23-8-5-6-15(10-23)24(14(3)25)9-7-16-20-17(11-27-4)29-22-16/h15H,5-11H2,1-4H3. The number of aryl methyl sites for hydroxylation is 2. The van der Waals surface area contributed by atoms with Crippen molar-refractivity contribution >= 4 is 11.8 Å². The van der Waals surface area contributed by atoms with Crippen LogP contribution in [0, 0.1) is 13.8 Å². The molecule has 0 radical (unpaired) electrons. The Hall–Kier alpha value is -2.75. The van der Waals surface area contributed by atoms with Crippen LogP contribution >= 0.6 is 0 Å². The van der Waals surface area contributed by atoms with E-state index in [1.807, 2.05) is 0 Å². The Morgan fingerprint density at radius 3 is 2.72 bits per heavy atom. The largest absolute Gasteiger partial charge is 0.375 e. The van der Waals surface area contributed by atoms with E-state index in [-0.39, 0.29) is 24.5 Å². The number of rotatable bonds is 7. The van der Waals surface area contributed by atoms with Gasteiger partial charge in [0.2, 0.25) is 5.91 Å². The van der Waals surface area contributed by atoms with Crippen molar-refractivity contribution in [2.45, 2.75) is 52.7 Å². The van der Waals surface area contributed by atoms with Crippen LogP contribution in [0.5, 0.6) is 0 Å². The van der Waals surface area contributed by atoms with Crippen LogP contribution in [0.4, 0.5) is 0 Å². The molecule has 0 aliphatic carbocycles. The predicted molar refractivity (Wildman–Crippen MR) is 101 cm³/mol. The minimum atomic E-state index is -0.100. The van der Waals surface area contributed by atoms with Crippen LogP contribution in [0.1, 0.15) is 53.3 Å². The highest BCUT2D eigenvalue weighted by atomic mass is 16.5. The second-order valence-corrected chi connectivity index (χ2v) is 7.25. The van der Waals surface area contributed by atoms with E-state index in [4.69, 9.17) is 13.8 Å². The zero-order valence-electron chi connectivity index (χ0n) is 17.3. The number of hydrogen-bond donors (Lipinski definition) is 0. The molecule has 0 bridgehead atoms. The van der Waals surface area contributed by atoms with Crippen molar-refractivity contribution in [1.29, 1.82) is 0 Å². The van der Waals surface area contributed by atoms with Gasteiger partial charge in [-0.1, -0.05) is 10.3 Å². The average Bonchev–Trinajstić information content (AvgIpc) is 3.28. The van der Waals surface area contributed by atoms with Crippen LogP contribution in [-0.4, -0.2) is 69.7 Å². The van der Waals surface area contributed by atoms with E-state index >= 15 is 0 Å². The molecule has 1 atom stereocenters. The molecule has 10 nitrogen and oxygen atoms in total. The first-order valence-electron chi connectivity index (χ1n) is 9.70. The van der Waals surface area contributed by atoms with Crippen LogP contribution in [0.25, 0.3) is 0 Å². The fourth-order valence-electron chi connectivity index (χ4n) is 3.73. The highest BCUT2D eigenvalue weighted by Gasteiger charge is 2.32. The average molecular weight is 405 g/mol. The van der Waals surface area contributed by atoms with E-state index in [1.165, 1.54) is 0 Å². The lowest BCUT2D eigenvalue weighted by Crippen LogP contribution is -2.51. The van der Waals surface area contributed by atoms with Gasteiger partial charge < -0.3 is 23.6 Å². The summed E-state index contributed by atoms with van der Waals surface area (Å²) in [4.78, 5) is 33.1. The maximum atomic E-state index is 13.0. The summed E-state index contributed by atoms with van der Waals surface area (Å²) in [7, 11) is 1.56. The van der Waals surface area contributed by atoms with Crippen LogP contribution in [-0.2, 0) is 22.6 Å². The number of likely N-dealkylation sites (tertiary alicyclic amines) is 1. The molecule has 29 heavy (non-hydrogen) atoms. The molecule has 1 unspecified atom stereocenters. The van der Waals surface area contributed by atoms with Crippen molar-refractivity contribution in [2.75, 3.05) is 26.7 Å². The minimum Gasteiger partial charge on any atom is -0.375 e. The monoisotopic (exact) mass is 405 g/mol. The molecule has 0 aromatic carbocycles. The van der Waals surface area contributed by atoms with E-state index < -0.39 is 0 Å². The molecule has 1 aliphatic rings.